The Morgan fingerprint density at radius 2 is 1.95 bits per heavy atom. The molecule has 1 unspecified atom stereocenters. The average molecular weight is 283 g/mol. The molecule has 19 heavy (non-hydrogen) atoms. The van der Waals surface area contributed by atoms with E-state index in [1.54, 1.807) is 6.92 Å². The molecule has 0 aliphatic carbocycles. The van der Waals surface area contributed by atoms with Crippen LogP contribution in [-0.4, -0.2) is 5.11 Å². The van der Waals surface area contributed by atoms with Crippen molar-refractivity contribution in [1.82, 2.24) is 0 Å². The summed E-state index contributed by atoms with van der Waals surface area (Å²) in [4.78, 5) is 0. The zero-order valence-electron chi connectivity index (χ0n) is 11.1. The number of benzene rings is 1. The lowest BCUT2D eigenvalue weighted by atomic mass is 9.98. The van der Waals surface area contributed by atoms with Crippen molar-refractivity contribution in [2.75, 3.05) is 0 Å². The average Bonchev–Trinajstić information content (AvgIpc) is 2.58. The summed E-state index contributed by atoms with van der Waals surface area (Å²) < 4.78 is 19.1. The Balaban J connectivity index is 2.30. The van der Waals surface area contributed by atoms with Gasteiger partial charge in [-0.1, -0.05) is 11.6 Å². The molecule has 0 spiro atoms. The normalized spacial score (nSPS) is 12.7. The van der Waals surface area contributed by atoms with E-state index in [1.807, 2.05) is 13.8 Å². The first kappa shape index (κ1) is 14.1. The van der Waals surface area contributed by atoms with Crippen LogP contribution in [0.2, 0.25) is 5.02 Å². The van der Waals surface area contributed by atoms with Crippen molar-refractivity contribution in [2.45, 2.75) is 33.3 Å². The molecule has 1 aromatic heterocycles. The molecular weight excluding hydrogens is 267 g/mol. The zero-order chi connectivity index (χ0) is 14.2. The van der Waals surface area contributed by atoms with Gasteiger partial charge in [0.25, 0.3) is 0 Å². The molecule has 0 radical (unpaired) electrons. The van der Waals surface area contributed by atoms with Gasteiger partial charge in [-0.15, -0.1) is 0 Å². The Kier molecular flexibility index (Phi) is 3.97. The van der Waals surface area contributed by atoms with Gasteiger partial charge in [0.05, 0.1) is 6.10 Å². The summed E-state index contributed by atoms with van der Waals surface area (Å²) in [5.74, 6) is 1.09. The fourth-order valence-electron chi connectivity index (χ4n) is 2.31. The Labute approximate surface area is 116 Å². The summed E-state index contributed by atoms with van der Waals surface area (Å²) in [5, 5.41) is 10.8. The third-order valence-corrected chi connectivity index (χ3v) is 3.61. The monoisotopic (exact) mass is 282 g/mol. The highest BCUT2D eigenvalue weighted by Crippen LogP contribution is 2.30. The predicted octanol–water partition coefficient (Wildman–Crippen LogP) is 4.27. The molecule has 2 rings (SSSR count). The van der Waals surface area contributed by atoms with Crippen molar-refractivity contribution in [2.24, 2.45) is 0 Å². The highest BCUT2D eigenvalue weighted by atomic mass is 35.5. The molecule has 102 valence electrons. The molecule has 2 nitrogen and oxygen atoms in total. The lowest BCUT2D eigenvalue weighted by molar-refractivity contribution is 0.174. The van der Waals surface area contributed by atoms with Gasteiger partial charge in [-0.3, -0.25) is 0 Å². The first-order valence-electron chi connectivity index (χ1n) is 6.08. The third-order valence-electron chi connectivity index (χ3n) is 3.37. The van der Waals surface area contributed by atoms with E-state index in [9.17, 15) is 9.50 Å². The summed E-state index contributed by atoms with van der Waals surface area (Å²) in [6.45, 7) is 5.53. The van der Waals surface area contributed by atoms with Gasteiger partial charge in [-0.2, -0.15) is 0 Å². The Morgan fingerprint density at radius 3 is 2.53 bits per heavy atom. The van der Waals surface area contributed by atoms with E-state index in [4.69, 9.17) is 16.0 Å². The van der Waals surface area contributed by atoms with Crippen LogP contribution in [0.4, 0.5) is 4.39 Å². The number of hydrogen-bond acceptors (Lipinski definition) is 2. The van der Waals surface area contributed by atoms with Gasteiger partial charge in [-0.05, 0) is 50.1 Å². The molecule has 0 aliphatic heterocycles. The molecule has 0 bridgehead atoms. The van der Waals surface area contributed by atoms with E-state index in [1.165, 1.54) is 18.2 Å². The molecule has 0 amide bonds. The maximum absolute atomic E-state index is 13.7. The minimum absolute atomic E-state index is 0.174. The fourth-order valence-corrected chi connectivity index (χ4v) is 2.50. The Hall–Kier alpha value is -1.32. The van der Waals surface area contributed by atoms with Gasteiger partial charge in [0.2, 0.25) is 0 Å². The van der Waals surface area contributed by atoms with Crippen molar-refractivity contribution in [3.05, 3.63) is 57.2 Å². The van der Waals surface area contributed by atoms with Crippen LogP contribution in [0.15, 0.2) is 22.6 Å². The minimum atomic E-state index is -0.801. The third kappa shape index (κ3) is 2.82. The van der Waals surface area contributed by atoms with Crippen molar-refractivity contribution in [3.63, 3.8) is 0 Å². The van der Waals surface area contributed by atoms with Crippen molar-refractivity contribution in [1.29, 1.82) is 0 Å². The van der Waals surface area contributed by atoms with E-state index >= 15 is 0 Å². The van der Waals surface area contributed by atoms with E-state index in [0.29, 0.717) is 16.3 Å². The number of halogens is 2. The summed E-state index contributed by atoms with van der Waals surface area (Å²) in [6, 6.07) is 4.34. The maximum atomic E-state index is 13.7. The quantitative estimate of drug-likeness (QED) is 0.912. The maximum Gasteiger partial charge on any atom is 0.126 e. The number of hydrogen-bond donors (Lipinski definition) is 1. The summed E-state index contributed by atoms with van der Waals surface area (Å²) in [7, 11) is 0. The lowest BCUT2D eigenvalue weighted by Crippen LogP contribution is -2.05. The second kappa shape index (κ2) is 5.35. The standard InChI is InChI=1S/C15H16ClFO2/c1-8-9(2)19-10(3)15(8)14(18)7-11-6-12(16)4-5-13(11)17/h4-6,14,18H,7H2,1-3H3. The van der Waals surface area contributed by atoms with Crippen LogP contribution in [0, 0.1) is 26.6 Å². The molecule has 1 N–H and O–H groups in total. The van der Waals surface area contributed by atoms with Crippen LogP contribution in [-0.2, 0) is 6.42 Å². The highest BCUT2D eigenvalue weighted by molar-refractivity contribution is 6.30. The number of aliphatic hydroxyl groups excluding tert-OH is 1. The molecule has 1 aromatic carbocycles. The first-order chi connectivity index (χ1) is 8.90. The van der Waals surface area contributed by atoms with Crippen LogP contribution in [0.1, 0.15) is 34.3 Å². The molecule has 0 fully saturated rings. The van der Waals surface area contributed by atoms with Gasteiger partial charge in [0, 0.05) is 17.0 Å². The fraction of sp³-hybridized carbons (Fsp3) is 0.333. The number of aliphatic hydroxyl groups is 1. The second-order valence-electron chi connectivity index (χ2n) is 4.71. The molecule has 0 aliphatic rings. The number of furan rings is 1. The van der Waals surface area contributed by atoms with Gasteiger partial charge in [-0.25, -0.2) is 4.39 Å². The predicted molar refractivity (Wildman–Crippen MR) is 73.0 cm³/mol. The lowest BCUT2D eigenvalue weighted by Gasteiger charge is -2.12. The SMILES string of the molecule is Cc1oc(C)c(C(O)Cc2cc(Cl)ccc2F)c1C. The molecule has 1 heterocycles. The van der Waals surface area contributed by atoms with Gasteiger partial charge in [0.15, 0.2) is 0 Å². The minimum Gasteiger partial charge on any atom is -0.466 e. The van der Waals surface area contributed by atoms with E-state index in [-0.39, 0.29) is 12.2 Å². The van der Waals surface area contributed by atoms with Crippen LogP contribution in [0.25, 0.3) is 0 Å². The van der Waals surface area contributed by atoms with Crippen LogP contribution < -0.4 is 0 Å². The first-order valence-corrected chi connectivity index (χ1v) is 6.46. The van der Waals surface area contributed by atoms with E-state index < -0.39 is 6.10 Å². The summed E-state index contributed by atoms with van der Waals surface area (Å²) in [6.07, 6.45) is -0.627. The molecule has 2 aromatic rings. The molecule has 1 atom stereocenters. The molecule has 0 saturated carbocycles. The van der Waals surface area contributed by atoms with Gasteiger partial charge in [0.1, 0.15) is 17.3 Å². The Morgan fingerprint density at radius 1 is 1.26 bits per heavy atom. The zero-order valence-corrected chi connectivity index (χ0v) is 11.9. The number of rotatable bonds is 3. The highest BCUT2D eigenvalue weighted by Gasteiger charge is 2.20. The van der Waals surface area contributed by atoms with Gasteiger partial charge >= 0.3 is 0 Å². The summed E-state index contributed by atoms with van der Waals surface area (Å²) in [5.41, 5.74) is 2.04. The molecule has 4 heteroatoms. The topological polar surface area (TPSA) is 33.4 Å². The van der Waals surface area contributed by atoms with Crippen molar-refractivity contribution in [3.8, 4) is 0 Å². The van der Waals surface area contributed by atoms with E-state index in [2.05, 4.69) is 0 Å². The second-order valence-corrected chi connectivity index (χ2v) is 5.15. The largest absolute Gasteiger partial charge is 0.466 e. The van der Waals surface area contributed by atoms with Crippen molar-refractivity contribution >= 4 is 11.6 Å². The van der Waals surface area contributed by atoms with E-state index in [0.717, 1.165) is 16.9 Å². The van der Waals surface area contributed by atoms with Crippen LogP contribution in [0.5, 0.6) is 0 Å². The molecule has 0 saturated heterocycles. The van der Waals surface area contributed by atoms with Crippen molar-refractivity contribution < 1.29 is 13.9 Å². The molecular formula is C15H16ClFO2. The Bertz CT molecular complexity index is 604. The van der Waals surface area contributed by atoms with Gasteiger partial charge < -0.3 is 9.52 Å². The number of aryl methyl sites for hydroxylation is 2. The van der Waals surface area contributed by atoms with Crippen LogP contribution >= 0.6 is 11.6 Å². The summed E-state index contributed by atoms with van der Waals surface area (Å²) >= 11 is 5.85. The van der Waals surface area contributed by atoms with Crippen LogP contribution in [0.3, 0.4) is 0 Å². The smallest absolute Gasteiger partial charge is 0.126 e.